The van der Waals surface area contributed by atoms with Crippen molar-refractivity contribution in [2.24, 2.45) is 0 Å². The molecule has 0 spiro atoms. The van der Waals surface area contributed by atoms with Gasteiger partial charge in [0.15, 0.2) is 0 Å². The van der Waals surface area contributed by atoms with Crippen LogP contribution in [0.5, 0.6) is 5.75 Å². The van der Waals surface area contributed by atoms with Crippen molar-refractivity contribution < 1.29 is 9.47 Å². The molecule has 0 saturated heterocycles. The normalized spacial score (nSPS) is 10.1. The van der Waals surface area contributed by atoms with Crippen molar-refractivity contribution in [2.45, 2.75) is 13.0 Å². The van der Waals surface area contributed by atoms with Gasteiger partial charge < -0.3 is 9.47 Å². The van der Waals surface area contributed by atoms with Crippen LogP contribution in [0.2, 0.25) is 0 Å². The summed E-state index contributed by atoms with van der Waals surface area (Å²) in [6.07, 6.45) is 0.993. The number of rotatable bonds is 6. The van der Waals surface area contributed by atoms with Gasteiger partial charge in [-0.2, -0.15) is 12.6 Å². The van der Waals surface area contributed by atoms with Crippen LogP contribution in [0.25, 0.3) is 0 Å². The number of ether oxygens (including phenoxy) is 2. The lowest BCUT2D eigenvalue weighted by atomic mass is 10.2. The molecule has 0 atom stereocenters. The molecule has 14 heavy (non-hydrogen) atoms. The average Bonchev–Trinajstić information content (AvgIpc) is 2.25. The lowest BCUT2D eigenvalue weighted by molar-refractivity contribution is 0.122. The maximum atomic E-state index is 5.46. The van der Waals surface area contributed by atoms with E-state index in [1.807, 2.05) is 24.3 Å². The summed E-state index contributed by atoms with van der Waals surface area (Å²) in [4.78, 5) is 0. The Morgan fingerprint density at radius 2 is 2.21 bits per heavy atom. The van der Waals surface area contributed by atoms with E-state index in [0.717, 1.165) is 30.1 Å². The minimum absolute atomic E-state index is 0.644. The van der Waals surface area contributed by atoms with Crippen molar-refractivity contribution >= 4 is 12.6 Å². The maximum absolute atomic E-state index is 5.46. The van der Waals surface area contributed by atoms with Gasteiger partial charge >= 0.3 is 0 Å². The van der Waals surface area contributed by atoms with Gasteiger partial charge in [0.2, 0.25) is 0 Å². The Morgan fingerprint density at radius 3 is 2.93 bits per heavy atom. The summed E-state index contributed by atoms with van der Waals surface area (Å²) >= 11 is 4.11. The fraction of sp³-hybridized carbons (Fsp3) is 0.455. The standard InChI is InChI=1S/C11H16O2S/c1-12-11-5-2-4-10(8-11)9-13-6-3-7-14/h2,4-5,8,14H,3,6-7,9H2,1H3. The third kappa shape index (κ3) is 4.03. The molecule has 0 aliphatic carbocycles. The van der Waals surface area contributed by atoms with Gasteiger partial charge in [-0.3, -0.25) is 0 Å². The molecular weight excluding hydrogens is 196 g/mol. The van der Waals surface area contributed by atoms with Crippen LogP contribution in [-0.2, 0) is 11.3 Å². The Bertz CT molecular complexity index is 263. The first kappa shape index (κ1) is 11.4. The molecule has 1 aromatic rings. The number of thiol groups is 1. The van der Waals surface area contributed by atoms with Crippen molar-refractivity contribution in [1.82, 2.24) is 0 Å². The topological polar surface area (TPSA) is 18.5 Å². The first-order chi connectivity index (χ1) is 6.86. The van der Waals surface area contributed by atoms with Gasteiger partial charge in [-0.05, 0) is 29.9 Å². The van der Waals surface area contributed by atoms with E-state index in [4.69, 9.17) is 9.47 Å². The lowest BCUT2D eigenvalue weighted by Gasteiger charge is -2.05. The van der Waals surface area contributed by atoms with Crippen LogP contribution in [-0.4, -0.2) is 19.5 Å². The van der Waals surface area contributed by atoms with Crippen molar-refractivity contribution in [3.63, 3.8) is 0 Å². The zero-order valence-electron chi connectivity index (χ0n) is 8.40. The Morgan fingerprint density at radius 1 is 1.36 bits per heavy atom. The Hall–Kier alpha value is -0.670. The highest BCUT2D eigenvalue weighted by atomic mass is 32.1. The monoisotopic (exact) mass is 212 g/mol. The smallest absolute Gasteiger partial charge is 0.119 e. The zero-order valence-corrected chi connectivity index (χ0v) is 9.30. The first-order valence-electron chi connectivity index (χ1n) is 4.68. The maximum Gasteiger partial charge on any atom is 0.119 e. The van der Waals surface area contributed by atoms with Crippen LogP contribution in [0.15, 0.2) is 24.3 Å². The van der Waals surface area contributed by atoms with Gasteiger partial charge in [-0.1, -0.05) is 12.1 Å². The lowest BCUT2D eigenvalue weighted by Crippen LogP contribution is -1.96. The molecule has 78 valence electrons. The van der Waals surface area contributed by atoms with Crippen LogP contribution >= 0.6 is 12.6 Å². The van der Waals surface area contributed by atoms with Crippen LogP contribution in [0.4, 0.5) is 0 Å². The third-order valence-corrected chi connectivity index (χ3v) is 2.17. The average molecular weight is 212 g/mol. The second-order valence-electron chi connectivity index (χ2n) is 2.98. The summed E-state index contributed by atoms with van der Waals surface area (Å²) in [5.41, 5.74) is 1.14. The van der Waals surface area contributed by atoms with E-state index in [1.165, 1.54) is 0 Å². The van der Waals surface area contributed by atoms with Gasteiger partial charge in [0, 0.05) is 6.61 Å². The minimum atomic E-state index is 0.644. The van der Waals surface area contributed by atoms with E-state index in [9.17, 15) is 0 Å². The molecule has 3 heteroatoms. The Balaban J connectivity index is 2.34. The summed E-state index contributed by atoms with van der Waals surface area (Å²) < 4.78 is 10.6. The number of methoxy groups -OCH3 is 1. The van der Waals surface area contributed by atoms with E-state index >= 15 is 0 Å². The van der Waals surface area contributed by atoms with Crippen molar-refractivity contribution in [2.75, 3.05) is 19.5 Å². The van der Waals surface area contributed by atoms with Crippen molar-refractivity contribution in [1.29, 1.82) is 0 Å². The SMILES string of the molecule is COc1cccc(COCCCS)c1. The van der Waals surface area contributed by atoms with E-state index in [2.05, 4.69) is 12.6 Å². The molecule has 1 rings (SSSR count). The fourth-order valence-electron chi connectivity index (χ4n) is 1.12. The second kappa shape index (κ2) is 6.74. The van der Waals surface area contributed by atoms with Crippen LogP contribution in [0.1, 0.15) is 12.0 Å². The molecule has 0 heterocycles. The second-order valence-corrected chi connectivity index (χ2v) is 3.43. The first-order valence-corrected chi connectivity index (χ1v) is 5.31. The molecule has 0 N–H and O–H groups in total. The zero-order chi connectivity index (χ0) is 10.2. The van der Waals surface area contributed by atoms with Crippen LogP contribution in [0, 0.1) is 0 Å². The fourth-order valence-corrected chi connectivity index (χ4v) is 1.25. The van der Waals surface area contributed by atoms with Gasteiger partial charge in [0.1, 0.15) is 5.75 Å². The Labute approximate surface area is 90.6 Å². The molecule has 0 saturated carbocycles. The van der Waals surface area contributed by atoms with E-state index in [0.29, 0.717) is 6.61 Å². The molecule has 1 aromatic carbocycles. The highest BCUT2D eigenvalue weighted by Gasteiger charge is 1.95. The highest BCUT2D eigenvalue weighted by molar-refractivity contribution is 7.80. The molecule has 0 aromatic heterocycles. The van der Waals surface area contributed by atoms with Crippen molar-refractivity contribution in [3.05, 3.63) is 29.8 Å². The Kier molecular flexibility index (Phi) is 5.49. The summed E-state index contributed by atoms with van der Waals surface area (Å²) in [7, 11) is 1.67. The minimum Gasteiger partial charge on any atom is -0.497 e. The summed E-state index contributed by atoms with van der Waals surface area (Å²) in [5.74, 6) is 1.75. The van der Waals surface area contributed by atoms with Crippen LogP contribution in [0.3, 0.4) is 0 Å². The van der Waals surface area contributed by atoms with Gasteiger partial charge in [-0.25, -0.2) is 0 Å². The molecule has 0 fully saturated rings. The van der Waals surface area contributed by atoms with E-state index < -0.39 is 0 Å². The summed E-state index contributed by atoms with van der Waals surface area (Å²) in [6.45, 7) is 1.41. The molecule has 2 nitrogen and oxygen atoms in total. The predicted octanol–water partition coefficient (Wildman–Crippen LogP) is 2.53. The summed E-state index contributed by atoms with van der Waals surface area (Å²) in [5, 5.41) is 0. The molecule has 0 unspecified atom stereocenters. The summed E-state index contributed by atoms with van der Waals surface area (Å²) in [6, 6.07) is 7.91. The molecule has 0 bridgehead atoms. The van der Waals surface area contributed by atoms with Gasteiger partial charge in [0.05, 0.1) is 13.7 Å². The van der Waals surface area contributed by atoms with Crippen LogP contribution < -0.4 is 4.74 Å². The van der Waals surface area contributed by atoms with Gasteiger partial charge in [0.25, 0.3) is 0 Å². The largest absolute Gasteiger partial charge is 0.497 e. The number of hydrogen-bond donors (Lipinski definition) is 1. The molecular formula is C11H16O2S. The van der Waals surface area contributed by atoms with Crippen molar-refractivity contribution in [3.8, 4) is 5.75 Å². The number of benzene rings is 1. The highest BCUT2D eigenvalue weighted by Crippen LogP contribution is 2.13. The van der Waals surface area contributed by atoms with E-state index in [1.54, 1.807) is 7.11 Å². The van der Waals surface area contributed by atoms with E-state index in [-0.39, 0.29) is 0 Å². The number of hydrogen-bond acceptors (Lipinski definition) is 3. The molecule has 0 radical (unpaired) electrons. The molecule has 0 aliphatic heterocycles. The molecule has 0 amide bonds. The molecule has 0 aliphatic rings. The quantitative estimate of drug-likeness (QED) is 0.577. The predicted molar refractivity (Wildman–Crippen MR) is 61.1 cm³/mol. The third-order valence-electron chi connectivity index (χ3n) is 1.85. The van der Waals surface area contributed by atoms with Gasteiger partial charge in [-0.15, -0.1) is 0 Å².